The molecule has 3 heteroatoms. The lowest BCUT2D eigenvalue weighted by molar-refractivity contribution is 0.102. The topological polar surface area (TPSA) is 34.1 Å². The Labute approximate surface area is 155 Å². The Kier molecular flexibility index (Phi) is 5.36. The van der Waals surface area contributed by atoms with E-state index in [9.17, 15) is 9.59 Å². The fraction of sp³-hybridized carbons (Fsp3) is 0. The zero-order chi connectivity index (χ0) is 17.6. The minimum absolute atomic E-state index is 0.174. The molecule has 2 nitrogen and oxygen atoms in total. The van der Waals surface area contributed by atoms with Crippen molar-refractivity contribution in [3.8, 4) is 0 Å². The summed E-state index contributed by atoms with van der Waals surface area (Å²) in [6.45, 7) is 0. The number of carbonyl (C=O) groups excluding carboxylic acids is 2. The molecular formula is C22H15BrO2. The molecule has 3 rings (SSSR count). The number of benzene rings is 3. The number of allylic oxidation sites excluding steroid dienone is 2. The molecule has 0 unspecified atom stereocenters. The SMILES string of the molecule is O=C(/C=C(/C(=O)c1ccccc1)c1ccc(Br)cc1)c1ccccc1. The molecule has 3 aromatic rings. The summed E-state index contributed by atoms with van der Waals surface area (Å²) in [7, 11) is 0. The second-order valence-corrected chi connectivity index (χ2v) is 6.41. The van der Waals surface area contributed by atoms with Crippen molar-refractivity contribution in [1.82, 2.24) is 0 Å². The third kappa shape index (κ3) is 4.20. The molecule has 122 valence electrons. The van der Waals surface area contributed by atoms with E-state index in [1.54, 1.807) is 36.4 Å². The van der Waals surface area contributed by atoms with E-state index in [1.807, 2.05) is 48.5 Å². The summed E-state index contributed by atoms with van der Waals surface area (Å²) in [6, 6.07) is 25.3. The van der Waals surface area contributed by atoms with E-state index in [2.05, 4.69) is 15.9 Å². The molecule has 0 atom stereocenters. The Bertz CT molecular complexity index is 911. The lowest BCUT2D eigenvalue weighted by Gasteiger charge is -2.08. The third-order valence-corrected chi connectivity index (χ3v) is 4.30. The van der Waals surface area contributed by atoms with Gasteiger partial charge >= 0.3 is 0 Å². The maximum atomic E-state index is 13.0. The van der Waals surface area contributed by atoms with Crippen molar-refractivity contribution >= 4 is 33.1 Å². The van der Waals surface area contributed by atoms with E-state index in [-0.39, 0.29) is 11.6 Å². The van der Waals surface area contributed by atoms with Gasteiger partial charge < -0.3 is 0 Å². The van der Waals surface area contributed by atoms with Gasteiger partial charge in [-0.1, -0.05) is 88.7 Å². The second kappa shape index (κ2) is 7.86. The smallest absolute Gasteiger partial charge is 0.193 e. The van der Waals surface area contributed by atoms with E-state index in [0.29, 0.717) is 22.3 Å². The molecule has 0 saturated carbocycles. The Morgan fingerprint density at radius 1 is 0.640 bits per heavy atom. The van der Waals surface area contributed by atoms with Crippen LogP contribution in [-0.2, 0) is 0 Å². The van der Waals surface area contributed by atoms with Gasteiger partial charge in [0.25, 0.3) is 0 Å². The van der Waals surface area contributed by atoms with Crippen molar-refractivity contribution in [1.29, 1.82) is 0 Å². The number of halogens is 1. The summed E-state index contributed by atoms with van der Waals surface area (Å²) >= 11 is 3.39. The molecule has 0 heterocycles. The average molecular weight is 391 g/mol. The highest BCUT2D eigenvalue weighted by atomic mass is 79.9. The first kappa shape index (κ1) is 17.1. The highest BCUT2D eigenvalue weighted by Crippen LogP contribution is 2.23. The van der Waals surface area contributed by atoms with Crippen LogP contribution in [-0.4, -0.2) is 11.6 Å². The van der Waals surface area contributed by atoms with Crippen LogP contribution >= 0.6 is 15.9 Å². The molecule has 0 spiro atoms. The molecule has 25 heavy (non-hydrogen) atoms. The van der Waals surface area contributed by atoms with Gasteiger partial charge in [-0.25, -0.2) is 0 Å². The van der Waals surface area contributed by atoms with Gasteiger partial charge in [0.1, 0.15) is 0 Å². The van der Waals surface area contributed by atoms with Crippen molar-refractivity contribution in [3.05, 3.63) is 112 Å². The van der Waals surface area contributed by atoms with Gasteiger partial charge in [0.15, 0.2) is 11.6 Å². The van der Waals surface area contributed by atoms with E-state index in [1.165, 1.54) is 6.08 Å². The lowest BCUT2D eigenvalue weighted by atomic mass is 9.94. The molecule has 0 saturated heterocycles. The van der Waals surface area contributed by atoms with Crippen LogP contribution in [0, 0.1) is 0 Å². The van der Waals surface area contributed by atoms with Gasteiger partial charge in [0.2, 0.25) is 0 Å². The first-order valence-electron chi connectivity index (χ1n) is 7.82. The van der Waals surface area contributed by atoms with Crippen molar-refractivity contribution in [3.63, 3.8) is 0 Å². The molecule has 0 aliphatic carbocycles. The number of Topliss-reactive ketones (excluding diaryl/α,β-unsaturated/α-hetero) is 1. The van der Waals surface area contributed by atoms with Crippen LogP contribution in [0.15, 0.2) is 95.5 Å². The molecule has 0 amide bonds. The zero-order valence-corrected chi connectivity index (χ0v) is 14.9. The van der Waals surface area contributed by atoms with Gasteiger partial charge in [0.05, 0.1) is 0 Å². The summed E-state index contributed by atoms with van der Waals surface area (Å²) in [4.78, 5) is 25.6. The van der Waals surface area contributed by atoms with Crippen molar-refractivity contribution in [2.75, 3.05) is 0 Å². The van der Waals surface area contributed by atoms with Crippen molar-refractivity contribution in [2.24, 2.45) is 0 Å². The van der Waals surface area contributed by atoms with Crippen molar-refractivity contribution < 1.29 is 9.59 Å². The summed E-state index contributed by atoms with van der Waals surface area (Å²) in [5, 5.41) is 0. The summed E-state index contributed by atoms with van der Waals surface area (Å²) in [5.74, 6) is -0.366. The second-order valence-electron chi connectivity index (χ2n) is 5.49. The van der Waals surface area contributed by atoms with Crippen LogP contribution < -0.4 is 0 Å². The molecule has 3 aromatic carbocycles. The van der Waals surface area contributed by atoms with Crippen LogP contribution in [0.25, 0.3) is 5.57 Å². The fourth-order valence-corrected chi connectivity index (χ4v) is 2.74. The number of rotatable bonds is 5. The molecule has 0 aromatic heterocycles. The van der Waals surface area contributed by atoms with E-state index >= 15 is 0 Å². The number of ketones is 2. The van der Waals surface area contributed by atoms with Crippen LogP contribution in [0.2, 0.25) is 0 Å². The minimum atomic E-state index is -0.192. The Morgan fingerprint density at radius 3 is 1.72 bits per heavy atom. The summed E-state index contributed by atoms with van der Waals surface area (Å²) in [5.41, 5.74) is 2.20. The van der Waals surface area contributed by atoms with E-state index in [4.69, 9.17) is 0 Å². The molecule has 0 radical (unpaired) electrons. The highest BCUT2D eigenvalue weighted by molar-refractivity contribution is 9.10. The Balaban J connectivity index is 2.06. The van der Waals surface area contributed by atoms with Gasteiger partial charge in [-0.15, -0.1) is 0 Å². The van der Waals surface area contributed by atoms with Gasteiger partial charge in [-0.2, -0.15) is 0 Å². The summed E-state index contributed by atoms with van der Waals surface area (Å²) in [6.07, 6.45) is 1.42. The maximum absolute atomic E-state index is 13.0. The van der Waals surface area contributed by atoms with Gasteiger partial charge in [-0.3, -0.25) is 9.59 Å². The predicted octanol–water partition coefficient (Wildman–Crippen LogP) is 5.60. The van der Waals surface area contributed by atoms with Crippen LogP contribution in [0.1, 0.15) is 26.3 Å². The van der Waals surface area contributed by atoms with Crippen LogP contribution in [0.5, 0.6) is 0 Å². The molecule has 0 aliphatic heterocycles. The molecule has 0 fully saturated rings. The first-order chi connectivity index (χ1) is 12.1. The first-order valence-corrected chi connectivity index (χ1v) is 8.61. The quantitative estimate of drug-likeness (QED) is 0.419. The zero-order valence-electron chi connectivity index (χ0n) is 13.4. The Morgan fingerprint density at radius 2 is 1.16 bits per heavy atom. The predicted molar refractivity (Wildman–Crippen MR) is 104 cm³/mol. The van der Waals surface area contributed by atoms with E-state index < -0.39 is 0 Å². The van der Waals surface area contributed by atoms with Gasteiger partial charge in [-0.05, 0) is 23.8 Å². The largest absolute Gasteiger partial charge is 0.289 e. The normalized spacial score (nSPS) is 11.2. The number of hydrogen-bond donors (Lipinski definition) is 0. The number of carbonyl (C=O) groups is 2. The Hall–Kier alpha value is -2.78. The highest BCUT2D eigenvalue weighted by Gasteiger charge is 2.16. The molecular weight excluding hydrogens is 376 g/mol. The third-order valence-electron chi connectivity index (χ3n) is 3.77. The standard InChI is InChI=1S/C22H15BrO2/c23-19-13-11-16(12-14-19)20(22(25)18-9-5-2-6-10-18)15-21(24)17-7-3-1-4-8-17/h1-15H/b20-15+. The van der Waals surface area contributed by atoms with Gasteiger partial charge in [0, 0.05) is 21.2 Å². The minimum Gasteiger partial charge on any atom is -0.289 e. The lowest BCUT2D eigenvalue weighted by Crippen LogP contribution is -2.06. The van der Waals surface area contributed by atoms with E-state index in [0.717, 1.165) is 4.47 Å². The monoisotopic (exact) mass is 390 g/mol. The molecule has 0 aliphatic rings. The molecule has 0 bridgehead atoms. The van der Waals surface area contributed by atoms with Crippen LogP contribution in [0.4, 0.5) is 0 Å². The maximum Gasteiger partial charge on any atom is 0.193 e. The fourth-order valence-electron chi connectivity index (χ4n) is 2.47. The van der Waals surface area contributed by atoms with Crippen molar-refractivity contribution in [2.45, 2.75) is 0 Å². The molecule has 0 N–H and O–H groups in total. The number of hydrogen-bond acceptors (Lipinski definition) is 2. The summed E-state index contributed by atoms with van der Waals surface area (Å²) < 4.78 is 0.914. The average Bonchev–Trinajstić information content (AvgIpc) is 2.67. The van der Waals surface area contributed by atoms with Crippen LogP contribution in [0.3, 0.4) is 0 Å².